The molecule has 2 aromatic carbocycles. The highest BCUT2D eigenvalue weighted by atomic mass is 15.3. The van der Waals surface area contributed by atoms with Gasteiger partial charge in [-0.1, -0.05) is 54.6 Å². The number of hydrogen-bond donors (Lipinski definition) is 1. The van der Waals surface area contributed by atoms with Crippen LogP contribution in [0.15, 0.2) is 60.8 Å². The lowest BCUT2D eigenvalue weighted by molar-refractivity contribution is 0.0857. The zero-order chi connectivity index (χ0) is 18.8. The Balaban J connectivity index is 1.19. The topological polar surface area (TPSA) is 35.2 Å². The molecule has 0 saturated carbocycles. The van der Waals surface area contributed by atoms with Gasteiger partial charge in [0.2, 0.25) is 0 Å². The molecule has 4 heteroatoms. The zero-order valence-electron chi connectivity index (χ0n) is 16.3. The number of aryl methyl sites for hydroxylation is 1. The van der Waals surface area contributed by atoms with Gasteiger partial charge >= 0.3 is 0 Å². The average Bonchev–Trinajstić information content (AvgIpc) is 3.23. The molecule has 0 radical (unpaired) electrons. The lowest BCUT2D eigenvalue weighted by atomic mass is 9.87. The van der Waals surface area contributed by atoms with Crippen molar-refractivity contribution in [3.05, 3.63) is 77.5 Å². The normalized spacial score (nSPS) is 20.8. The van der Waals surface area contributed by atoms with E-state index in [0.29, 0.717) is 6.04 Å². The highest BCUT2D eigenvalue weighted by Crippen LogP contribution is 2.26. The molecular weight excluding hydrogens is 344 g/mol. The number of hydrogen-bond acceptors (Lipinski definition) is 3. The quantitative estimate of drug-likeness (QED) is 0.757. The second-order valence-electron chi connectivity index (χ2n) is 8.11. The van der Waals surface area contributed by atoms with Crippen molar-refractivity contribution >= 4 is 0 Å². The first-order chi connectivity index (χ1) is 13.9. The Kier molecular flexibility index (Phi) is 4.98. The number of benzene rings is 2. The van der Waals surface area contributed by atoms with Gasteiger partial charge in [-0.15, -0.1) is 0 Å². The van der Waals surface area contributed by atoms with Crippen molar-refractivity contribution in [2.45, 2.75) is 31.8 Å². The summed E-state index contributed by atoms with van der Waals surface area (Å²) in [4.78, 5) is 5.30. The lowest BCUT2D eigenvalue weighted by Gasteiger charge is -2.41. The summed E-state index contributed by atoms with van der Waals surface area (Å²) in [5.41, 5.74) is 6.80. The molecule has 5 rings (SSSR count). The molecule has 1 saturated heterocycles. The van der Waals surface area contributed by atoms with Crippen LogP contribution in [0.2, 0.25) is 0 Å². The van der Waals surface area contributed by atoms with Crippen LogP contribution in [0.4, 0.5) is 0 Å². The fraction of sp³-hybridized carbons (Fsp3) is 0.375. The van der Waals surface area contributed by atoms with E-state index in [0.717, 1.165) is 25.3 Å². The smallest absolute Gasteiger partial charge is 0.0695 e. The molecule has 0 amide bonds. The van der Waals surface area contributed by atoms with E-state index in [2.05, 4.69) is 74.6 Å². The summed E-state index contributed by atoms with van der Waals surface area (Å²) in [6, 6.07) is 20.2. The first-order valence-electron chi connectivity index (χ1n) is 10.5. The molecule has 1 atom stereocenters. The molecule has 4 nitrogen and oxygen atoms in total. The fourth-order valence-corrected chi connectivity index (χ4v) is 4.80. The van der Waals surface area contributed by atoms with E-state index in [1.807, 2.05) is 6.20 Å². The molecule has 0 spiro atoms. The number of nitrogens with one attached hydrogen (secondary N) is 1. The Morgan fingerprint density at radius 1 is 0.893 bits per heavy atom. The van der Waals surface area contributed by atoms with Gasteiger partial charge in [-0.3, -0.25) is 14.9 Å². The molecule has 2 aliphatic rings. The minimum Gasteiger partial charge on any atom is -0.298 e. The van der Waals surface area contributed by atoms with Crippen LogP contribution in [0.5, 0.6) is 0 Å². The summed E-state index contributed by atoms with van der Waals surface area (Å²) in [6.07, 6.45) is 5.75. The highest BCUT2D eigenvalue weighted by Gasteiger charge is 2.27. The standard InChI is InChI=1S/C24H28N4/c1-2-7-20(8-3-1)24-22(17-25-26-24)18-27-12-14-28(15-13-27)23-11-10-19-6-4-5-9-21(19)16-23/h1-9,17,23H,10-16,18H2,(H,25,26). The summed E-state index contributed by atoms with van der Waals surface area (Å²) in [5.74, 6) is 0. The molecule has 1 N–H and O–H groups in total. The van der Waals surface area contributed by atoms with Gasteiger partial charge in [0.25, 0.3) is 0 Å². The monoisotopic (exact) mass is 372 g/mol. The molecule has 0 bridgehead atoms. The summed E-state index contributed by atoms with van der Waals surface area (Å²) in [7, 11) is 0. The number of aromatic amines is 1. The van der Waals surface area contributed by atoms with Crippen LogP contribution in [0, 0.1) is 0 Å². The molecular formula is C24H28N4. The fourth-order valence-electron chi connectivity index (χ4n) is 4.80. The van der Waals surface area contributed by atoms with E-state index in [1.54, 1.807) is 11.1 Å². The van der Waals surface area contributed by atoms with Gasteiger partial charge in [-0.25, -0.2) is 0 Å². The van der Waals surface area contributed by atoms with Gasteiger partial charge in [-0.05, 0) is 36.0 Å². The summed E-state index contributed by atoms with van der Waals surface area (Å²) < 4.78 is 0. The molecule has 3 aromatic rings. The molecule has 1 unspecified atom stereocenters. The molecule has 1 aromatic heterocycles. The van der Waals surface area contributed by atoms with Crippen LogP contribution >= 0.6 is 0 Å². The van der Waals surface area contributed by atoms with Gasteiger partial charge in [0.1, 0.15) is 0 Å². The largest absolute Gasteiger partial charge is 0.298 e. The molecule has 1 aliphatic carbocycles. The number of aromatic nitrogens is 2. The van der Waals surface area contributed by atoms with E-state index in [4.69, 9.17) is 0 Å². The maximum absolute atomic E-state index is 4.31. The molecule has 1 fully saturated rings. The third kappa shape index (κ3) is 3.62. The van der Waals surface area contributed by atoms with Crippen molar-refractivity contribution in [2.75, 3.05) is 26.2 Å². The molecule has 28 heavy (non-hydrogen) atoms. The van der Waals surface area contributed by atoms with Crippen molar-refractivity contribution in [1.82, 2.24) is 20.0 Å². The van der Waals surface area contributed by atoms with Crippen molar-refractivity contribution < 1.29 is 0 Å². The SMILES string of the molecule is c1ccc(-c2[nH]ncc2CN2CCN(C3CCc4ccccc4C3)CC2)cc1. The predicted octanol–water partition coefficient (Wildman–Crippen LogP) is 3.75. The Morgan fingerprint density at radius 2 is 1.64 bits per heavy atom. The van der Waals surface area contributed by atoms with E-state index >= 15 is 0 Å². The van der Waals surface area contributed by atoms with Crippen LogP contribution in [0.3, 0.4) is 0 Å². The van der Waals surface area contributed by atoms with Crippen LogP contribution in [0.1, 0.15) is 23.1 Å². The summed E-state index contributed by atoms with van der Waals surface area (Å²) >= 11 is 0. The third-order valence-electron chi connectivity index (χ3n) is 6.42. The van der Waals surface area contributed by atoms with E-state index in [-0.39, 0.29) is 0 Å². The molecule has 144 valence electrons. The minimum absolute atomic E-state index is 0.714. The summed E-state index contributed by atoms with van der Waals surface area (Å²) in [5, 5.41) is 7.51. The second kappa shape index (κ2) is 7.90. The number of nitrogens with zero attached hydrogens (tertiary/aromatic N) is 3. The van der Waals surface area contributed by atoms with Gasteiger partial charge < -0.3 is 0 Å². The second-order valence-corrected chi connectivity index (χ2v) is 8.11. The Bertz CT molecular complexity index is 909. The Hall–Kier alpha value is -2.43. The Morgan fingerprint density at radius 3 is 2.46 bits per heavy atom. The highest BCUT2D eigenvalue weighted by molar-refractivity contribution is 5.62. The zero-order valence-corrected chi connectivity index (χ0v) is 16.3. The van der Waals surface area contributed by atoms with Crippen LogP contribution in [0.25, 0.3) is 11.3 Å². The third-order valence-corrected chi connectivity index (χ3v) is 6.42. The van der Waals surface area contributed by atoms with E-state index in [1.165, 1.54) is 43.5 Å². The van der Waals surface area contributed by atoms with Crippen LogP contribution < -0.4 is 0 Å². The molecule has 2 heterocycles. The Labute approximate surface area is 167 Å². The van der Waals surface area contributed by atoms with Crippen LogP contribution in [-0.4, -0.2) is 52.2 Å². The number of rotatable bonds is 4. The average molecular weight is 373 g/mol. The van der Waals surface area contributed by atoms with Crippen molar-refractivity contribution in [3.8, 4) is 11.3 Å². The maximum Gasteiger partial charge on any atom is 0.0695 e. The van der Waals surface area contributed by atoms with Gasteiger partial charge in [-0.2, -0.15) is 5.10 Å². The van der Waals surface area contributed by atoms with Crippen LogP contribution in [-0.2, 0) is 19.4 Å². The van der Waals surface area contributed by atoms with Crippen molar-refractivity contribution in [1.29, 1.82) is 0 Å². The van der Waals surface area contributed by atoms with Crippen molar-refractivity contribution in [3.63, 3.8) is 0 Å². The maximum atomic E-state index is 4.31. The predicted molar refractivity (Wildman–Crippen MR) is 113 cm³/mol. The lowest BCUT2D eigenvalue weighted by Crippen LogP contribution is -2.51. The van der Waals surface area contributed by atoms with Gasteiger partial charge in [0, 0.05) is 44.3 Å². The first kappa shape index (κ1) is 17.7. The number of fused-ring (bicyclic) bond motifs is 1. The van der Waals surface area contributed by atoms with Gasteiger partial charge in [0.15, 0.2) is 0 Å². The first-order valence-corrected chi connectivity index (χ1v) is 10.5. The number of H-pyrrole nitrogens is 1. The van der Waals surface area contributed by atoms with E-state index < -0.39 is 0 Å². The minimum atomic E-state index is 0.714. The summed E-state index contributed by atoms with van der Waals surface area (Å²) in [6.45, 7) is 5.59. The van der Waals surface area contributed by atoms with Crippen molar-refractivity contribution in [2.24, 2.45) is 0 Å². The number of piperazine rings is 1. The molecule has 1 aliphatic heterocycles. The van der Waals surface area contributed by atoms with E-state index in [9.17, 15) is 0 Å². The van der Waals surface area contributed by atoms with Gasteiger partial charge in [0.05, 0.1) is 11.9 Å².